The molecular formula is C20H22BrNO2. The molecular weight excluding hydrogens is 366 g/mol. The molecule has 3 nitrogen and oxygen atoms in total. The molecule has 1 amide bonds. The maximum Gasteiger partial charge on any atom is 0.248 e. The topological polar surface area (TPSA) is 38.3 Å². The molecule has 0 saturated carbocycles. The van der Waals surface area contributed by atoms with Gasteiger partial charge in [-0.2, -0.15) is 0 Å². The van der Waals surface area contributed by atoms with Crippen LogP contribution >= 0.6 is 15.9 Å². The molecule has 0 fully saturated rings. The van der Waals surface area contributed by atoms with Crippen molar-refractivity contribution in [1.82, 2.24) is 0 Å². The van der Waals surface area contributed by atoms with E-state index < -0.39 is 0 Å². The Labute approximate surface area is 151 Å². The van der Waals surface area contributed by atoms with Crippen molar-refractivity contribution in [3.63, 3.8) is 0 Å². The summed E-state index contributed by atoms with van der Waals surface area (Å²) < 4.78 is 6.49. The SMILES string of the molecule is CCCCOc1ccc(/C=C/C(=O)Nc2ccc(C)cc2Br)cc1. The van der Waals surface area contributed by atoms with Gasteiger partial charge in [-0.15, -0.1) is 0 Å². The Morgan fingerprint density at radius 2 is 1.96 bits per heavy atom. The Morgan fingerprint density at radius 3 is 2.62 bits per heavy atom. The molecule has 0 heterocycles. The van der Waals surface area contributed by atoms with Crippen molar-refractivity contribution in [3.05, 3.63) is 64.1 Å². The average Bonchev–Trinajstić information content (AvgIpc) is 2.57. The Bertz CT molecular complexity index is 708. The molecule has 0 aromatic heterocycles. The first-order chi connectivity index (χ1) is 11.6. The lowest BCUT2D eigenvalue weighted by atomic mass is 10.2. The van der Waals surface area contributed by atoms with E-state index in [1.165, 1.54) is 6.08 Å². The summed E-state index contributed by atoms with van der Waals surface area (Å²) in [5, 5.41) is 2.86. The first-order valence-corrected chi connectivity index (χ1v) is 8.86. The largest absolute Gasteiger partial charge is 0.494 e. The van der Waals surface area contributed by atoms with E-state index >= 15 is 0 Å². The summed E-state index contributed by atoms with van der Waals surface area (Å²) in [5.41, 5.74) is 2.85. The summed E-state index contributed by atoms with van der Waals surface area (Å²) in [6, 6.07) is 13.5. The Hall–Kier alpha value is -2.07. The predicted molar refractivity (Wildman–Crippen MR) is 103 cm³/mol. The van der Waals surface area contributed by atoms with Gasteiger partial charge in [-0.05, 0) is 70.7 Å². The second-order valence-electron chi connectivity index (χ2n) is 5.58. The molecule has 2 rings (SSSR count). The summed E-state index contributed by atoms with van der Waals surface area (Å²) in [5.74, 6) is 0.691. The summed E-state index contributed by atoms with van der Waals surface area (Å²) in [6.07, 6.45) is 5.48. The average molecular weight is 388 g/mol. The molecule has 0 aliphatic rings. The van der Waals surface area contributed by atoms with Gasteiger partial charge < -0.3 is 10.1 Å². The molecule has 0 aliphatic carbocycles. The highest BCUT2D eigenvalue weighted by molar-refractivity contribution is 9.10. The van der Waals surface area contributed by atoms with Gasteiger partial charge in [0.15, 0.2) is 0 Å². The standard InChI is InChI=1S/C20H22BrNO2/c1-3-4-13-24-17-9-6-16(7-10-17)8-12-20(23)22-19-11-5-15(2)14-18(19)21/h5-12,14H,3-4,13H2,1-2H3,(H,22,23)/b12-8+. The van der Waals surface area contributed by atoms with Crippen molar-refractivity contribution in [3.8, 4) is 5.75 Å². The smallest absolute Gasteiger partial charge is 0.248 e. The Balaban J connectivity index is 1.91. The third-order valence-corrected chi connectivity index (χ3v) is 4.11. The number of carbonyl (C=O) groups excluding carboxylic acids is 1. The minimum absolute atomic E-state index is 0.164. The minimum Gasteiger partial charge on any atom is -0.494 e. The highest BCUT2D eigenvalue weighted by Gasteiger charge is 2.03. The maximum absolute atomic E-state index is 12.0. The van der Waals surface area contributed by atoms with Crippen LogP contribution in [0.25, 0.3) is 6.08 Å². The number of anilines is 1. The van der Waals surface area contributed by atoms with Crippen LogP contribution in [0.15, 0.2) is 53.0 Å². The fourth-order valence-electron chi connectivity index (χ4n) is 2.08. The van der Waals surface area contributed by atoms with E-state index in [1.807, 2.05) is 49.4 Å². The molecule has 0 aliphatic heterocycles. The van der Waals surface area contributed by atoms with E-state index in [0.29, 0.717) is 0 Å². The molecule has 24 heavy (non-hydrogen) atoms. The van der Waals surface area contributed by atoms with E-state index in [1.54, 1.807) is 6.08 Å². The number of unbranched alkanes of at least 4 members (excludes halogenated alkanes) is 1. The molecule has 0 saturated heterocycles. The number of amides is 1. The number of hydrogen-bond donors (Lipinski definition) is 1. The molecule has 0 bridgehead atoms. The summed E-state index contributed by atoms with van der Waals surface area (Å²) in [6.45, 7) is 4.88. The molecule has 2 aromatic carbocycles. The van der Waals surface area contributed by atoms with E-state index in [4.69, 9.17) is 4.74 Å². The fraction of sp³-hybridized carbons (Fsp3) is 0.250. The number of benzene rings is 2. The zero-order chi connectivity index (χ0) is 17.4. The van der Waals surface area contributed by atoms with E-state index in [-0.39, 0.29) is 5.91 Å². The molecule has 4 heteroatoms. The molecule has 0 radical (unpaired) electrons. The van der Waals surface area contributed by atoms with Crippen LogP contribution in [0.5, 0.6) is 5.75 Å². The van der Waals surface area contributed by atoms with Gasteiger partial charge in [-0.25, -0.2) is 0 Å². The Kier molecular flexibility index (Phi) is 7.07. The summed E-state index contributed by atoms with van der Waals surface area (Å²) in [7, 11) is 0. The van der Waals surface area contributed by atoms with E-state index in [0.717, 1.165) is 46.5 Å². The van der Waals surface area contributed by atoms with Crippen LogP contribution in [0.2, 0.25) is 0 Å². The minimum atomic E-state index is -0.164. The van der Waals surface area contributed by atoms with Gasteiger partial charge in [0.1, 0.15) is 5.75 Å². The van der Waals surface area contributed by atoms with Gasteiger partial charge in [-0.3, -0.25) is 4.79 Å². The first-order valence-electron chi connectivity index (χ1n) is 8.06. The van der Waals surface area contributed by atoms with Gasteiger partial charge in [-0.1, -0.05) is 31.5 Å². The second kappa shape index (κ2) is 9.28. The van der Waals surface area contributed by atoms with Crippen molar-refractivity contribution >= 4 is 33.6 Å². The van der Waals surface area contributed by atoms with Crippen LogP contribution in [0.3, 0.4) is 0 Å². The van der Waals surface area contributed by atoms with Crippen LogP contribution in [0.1, 0.15) is 30.9 Å². The van der Waals surface area contributed by atoms with Crippen LogP contribution in [0, 0.1) is 6.92 Å². The molecule has 0 unspecified atom stereocenters. The highest BCUT2D eigenvalue weighted by atomic mass is 79.9. The van der Waals surface area contributed by atoms with Crippen molar-refractivity contribution in [2.75, 3.05) is 11.9 Å². The quantitative estimate of drug-likeness (QED) is 0.496. The van der Waals surface area contributed by atoms with Crippen LogP contribution < -0.4 is 10.1 Å². The van der Waals surface area contributed by atoms with E-state index in [9.17, 15) is 4.79 Å². The fourth-order valence-corrected chi connectivity index (χ4v) is 2.67. The van der Waals surface area contributed by atoms with Gasteiger partial charge in [0.25, 0.3) is 0 Å². The van der Waals surface area contributed by atoms with Gasteiger partial charge in [0, 0.05) is 10.5 Å². The van der Waals surface area contributed by atoms with Crippen molar-refractivity contribution in [2.45, 2.75) is 26.7 Å². The number of carbonyl (C=O) groups is 1. The summed E-state index contributed by atoms with van der Waals surface area (Å²) >= 11 is 3.45. The first kappa shape index (κ1) is 18.3. The van der Waals surface area contributed by atoms with Crippen molar-refractivity contribution in [1.29, 1.82) is 0 Å². The lowest BCUT2D eigenvalue weighted by molar-refractivity contribution is -0.111. The number of ether oxygens (including phenoxy) is 1. The second-order valence-corrected chi connectivity index (χ2v) is 6.43. The monoisotopic (exact) mass is 387 g/mol. The normalized spacial score (nSPS) is 10.8. The molecule has 2 aromatic rings. The van der Waals surface area contributed by atoms with Gasteiger partial charge >= 0.3 is 0 Å². The van der Waals surface area contributed by atoms with Crippen LogP contribution in [0.4, 0.5) is 5.69 Å². The third-order valence-electron chi connectivity index (χ3n) is 3.46. The zero-order valence-electron chi connectivity index (χ0n) is 14.0. The van der Waals surface area contributed by atoms with Crippen molar-refractivity contribution in [2.24, 2.45) is 0 Å². The number of nitrogens with one attached hydrogen (secondary N) is 1. The number of aryl methyl sites for hydroxylation is 1. The predicted octanol–water partition coefficient (Wildman–Crippen LogP) is 5.59. The lowest BCUT2D eigenvalue weighted by Crippen LogP contribution is -2.08. The van der Waals surface area contributed by atoms with Gasteiger partial charge in [0.2, 0.25) is 5.91 Å². The Morgan fingerprint density at radius 1 is 1.21 bits per heavy atom. The number of halogens is 1. The van der Waals surface area contributed by atoms with Crippen LogP contribution in [-0.2, 0) is 4.79 Å². The number of rotatable bonds is 7. The maximum atomic E-state index is 12.0. The lowest BCUT2D eigenvalue weighted by Gasteiger charge is -2.06. The summed E-state index contributed by atoms with van der Waals surface area (Å²) in [4.78, 5) is 12.0. The number of hydrogen-bond acceptors (Lipinski definition) is 2. The molecule has 126 valence electrons. The molecule has 0 spiro atoms. The molecule has 1 N–H and O–H groups in total. The van der Waals surface area contributed by atoms with E-state index in [2.05, 4.69) is 28.2 Å². The molecule has 0 atom stereocenters. The van der Waals surface area contributed by atoms with Crippen molar-refractivity contribution < 1.29 is 9.53 Å². The van der Waals surface area contributed by atoms with Crippen LogP contribution in [-0.4, -0.2) is 12.5 Å². The zero-order valence-corrected chi connectivity index (χ0v) is 15.6. The van der Waals surface area contributed by atoms with Gasteiger partial charge in [0.05, 0.1) is 12.3 Å². The highest BCUT2D eigenvalue weighted by Crippen LogP contribution is 2.23. The third kappa shape index (κ3) is 5.85.